The highest BCUT2D eigenvalue weighted by Crippen LogP contribution is 2.17. The molecule has 0 atom stereocenters. The zero-order valence-corrected chi connectivity index (χ0v) is 14.1. The van der Waals surface area contributed by atoms with E-state index in [0.717, 1.165) is 17.6 Å². The van der Waals surface area contributed by atoms with Crippen LogP contribution in [-0.2, 0) is 4.79 Å². The Kier molecular flexibility index (Phi) is 4.93. The number of carbonyl (C=O) groups is 1. The fourth-order valence-corrected chi connectivity index (χ4v) is 2.78. The number of piperazine rings is 1. The van der Waals surface area contributed by atoms with Crippen molar-refractivity contribution < 1.29 is 9.21 Å². The lowest BCUT2D eigenvalue weighted by Crippen LogP contribution is -2.49. The summed E-state index contributed by atoms with van der Waals surface area (Å²) in [5, 5.41) is 7.90. The Morgan fingerprint density at radius 3 is 2.46 bits per heavy atom. The molecule has 1 aromatic heterocycles. The van der Waals surface area contributed by atoms with Crippen molar-refractivity contribution >= 4 is 18.0 Å². The molecular formula is C18H22N4O2. The first-order valence-corrected chi connectivity index (χ1v) is 8.27. The van der Waals surface area contributed by atoms with Crippen molar-refractivity contribution in [2.75, 3.05) is 31.1 Å². The maximum Gasteiger partial charge on any atom is 0.318 e. The standard InChI is InChI=1S/C18H22N4O2/c1-3-16(13-15-7-5-4-6-8-15)17(23)21-9-11-22(12-10-21)18-20-19-14(2)24-18/h4-8,13H,3,9-12H2,1-2H3/b16-13+. The third kappa shape index (κ3) is 3.64. The van der Waals surface area contributed by atoms with Crippen molar-refractivity contribution in [3.63, 3.8) is 0 Å². The van der Waals surface area contributed by atoms with E-state index in [1.807, 2.05) is 53.1 Å². The first-order chi connectivity index (χ1) is 11.7. The van der Waals surface area contributed by atoms with Crippen LogP contribution in [0.25, 0.3) is 6.08 Å². The Balaban J connectivity index is 1.64. The van der Waals surface area contributed by atoms with Gasteiger partial charge in [0, 0.05) is 38.7 Å². The molecule has 1 saturated heterocycles. The molecule has 0 spiro atoms. The molecule has 1 amide bonds. The van der Waals surface area contributed by atoms with Gasteiger partial charge >= 0.3 is 6.01 Å². The second kappa shape index (κ2) is 7.29. The third-order valence-electron chi connectivity index (χ3n) is 4.15. The van der Waals surface area contributed by atoms with Gasteiger partial charge in [-0.2, -0.15) is 0 Å². The first-order valence-electron chi connectivity index (χ1n) is 8.27. The van der Waals surface area contributed by atoms with Crippen molar-refractivity contribution in [3.05, 3.63) is 47.4 Å². The SMILES string of the molecule is CC/C(=C\c1ccccc1)C(=O)N1CCN(c2nnc(C)o2)CC1. The van der Waals surface area contributed by atoms with Crippen LogP contribution in [0.15, 0.2) is 40.3 Å². The maximum absolute atomic E-state index is 12.8. The quantitative estimate of drug-likeness (QED) is 0.808. The lowest BCUT2D eigenvalue weighted by molar-refractivity contribution is -0.127. The van der Waals surface area contributed by atoms with Crippen LogP contribution < -0.4 is 4.90 Å². The Labute approximate surface area is 141 Å². The molecule has 0 radical (unpaired) electrons. The molecule has 0 bridgehead atoms. The van der Waals surface area contributed by atoms with Gasteiger partial charge < -0.3 is 14.2 Å². The molecule has 126 valence electrons. The van der Waals surface area contributed by atoms with Crippen LogP contribution in [-0.4, -0.2) is 47.2 Å². The van der Waals surface area contributed by atoms with Crippen LogP contribution in [0.2, 0.25) is 0 Å². The van der Waals surface area contributed by atoms with Crippen LogP contribution in [0.4, 0.5) is 6.01 Å². The fourth-order valence-electron chi connectivity index (χ4n) is 2.78. The van der Waals surface area contributed by atoms with Crippen LogP contribution in [0.5, 0.6) is 0 Å². The van der Waals surface area contributed by atoms with E-state index in [4.69, 9.17) is 4.42 Å². The average Bonchev–Trinajstić information content (AvgIpc) is 3.06. The highest BCUT2D eigenvalue weighted by Gasteiger charge is 2.25. The smallest absolute Gasteiger partial charge is 0.318 e. The molecule has 0 unspecified atom stereocenters. The van der Waals surface area contributed by atoms with E-state index in [2.05, 4.69) is 10.2 Å². The number of hydrogen-bond acceptors (Lipinski definition) is 5. The molecular weight excluding hydrogens is 304 g/mol. The van der Waals surface area contributed by atoms with E-state index in [1.165, 1.54) is 0 Å². The molecule has 1 aliphatic heterocycles. The number of nitrogens with zero attached hydrogens (tertiary/aromatic N) is 4. The normalized spacial score (nSPS) is 15.7. The van der Waals surface area contributed by atoms with E-state index in [9.17, 15) is 4.79 Å². The van der Waals surface area contributed by atoms with Crippen LogP contribution in [0.1, 0.15) is 24.8 Å². The number of amides is 1. The number of aromatic nitrogens is 2. The van der Waals surface area contributed by atoms with Gasteiger partial charge in [-0.1, -0.05) is 42.4 Å². The van der Waals surface area contributed by atoms with Crippen LogP contribution in [0, 0.1) is 6.92 Å². The lowest BCUT2D eigenvalue weighted by atomic mass is 10.1. The highest BCUT2D eigenvalue weighted by atomic mass is 16.4. The van der Waals surface area contributed by atoms with Gasteiger partial charge in [-0.15, -0.1) is 5.10 Å². The molecule has 3 rings (SSSR count). The lowest BCUT2D eigenvalue weighted by Gasteiger charge is -2.34. The van der Waals surface area contributed by atoms with Gasteiger partial charge in [0.05, 0.1) is 0 Å². The summed E-state index contributed by atoms with van der Waals surface area (Å²) >= 11 is 0. The summed E-state index contributed by atoms with van der Waals surface area (Å²) in [6.07, 6.45) is 2.70. The van der Waals surface area contributed by atoms with E-state index in [-0.39, 0.29) is 5.91 Å². The molecule has 2 heterocycles. The Hall–Kier alpha value is -2.63. The van der Waals surface area contributed by atoms with E-state index >= 15 is 0 Å². The number of carbonyl (C=O) groups excluding carboxylic acids is 1. The summed E-state index contributed by atoms with van der Waals surface area (Å²) in [5.41, 5.74) is 1.89. The predicted octanol–water partition coefficient (Wildman–Crippen LogP) is 2.52. The van der Waals surface area contributed by atoms with Gasteiger partial charge in [0.15, 0.2) is 0 Å². The second-order valence-corrected chi connectivity index (χ2v) is 5.82. The zero-order chi connectivity index (χ0) is 16.9. The molecule has 24 heavy (non-hydrogen) atoms. The molecule has 6 nitrogen and oxygen atoms in total. The number of hydrogen-bond donors (Lipinski definition) is 0. The van der Waals surface area contributed by atoms with E-state index < -0.39 is 0 Å². The minimum absolute atomic E-state index is 0.114. The van der Waals surface area contributed by atoms with Gasteiger partial charge in [0.25, 0.3) is 0 Å². The second-order valence-electron chi connectivity index (χ2n) is 5.82. The molecule has 6 heteroatoms. The van der Waals surface area contributed by atoms with Gasteiger partial charge in [0.1, 0.15) is 0 Å². The first kappa shape index (κ1) is 16.2. The molecule has 1 aromatic carbocycles. The molecule has 2 aromatic rings. The largest absolute Gasteiger partial charge is 0.408 e. The van der Waals surface area contributed by atoms with Crippen molar-refractivity contribution in [1.82, 2.24) is 15.1 Å². The van der Waals surface area contributed by atoms with Crippen LogP contribution >= 0.6 is 0 Å². The zero-order valence-electron chi connectivity index (χ0n) is 14.1. The summed E-state index contributed by atoms with van der Waals surface area (Å²) in [4.78, 5) is 16.7. The molecule has 1 fully saturated rings. The van der Waals surface area contributed by atoms with E-state index in [1.54, 1.807) is 6.92 Å². The Bertz CT molecular complexity index is 716. The number of anilines is 1. The minimum atomic E-state index is 0.114. The van der Waals surface area contributed by atoms with Crippen molar-refractivity contribution in [1.29, 1.82) is 0 Å². The summed E-state index contributed by atoms with van der Waals surface area (Å²) < 4.78 is 5.46. The molecule has 1 aliphatic rings. The average molecular weight is 326 g/mol. The summed E-state index contributed by atoms with van der Waals surface area (Å²) in [7, 11) is 0. The highest BCUT2D eigenvalue weighted by molar-refractivity contribution is 5.97. The summed E-state index contributed by atoms with van der Waals surface area (Å²) in [6, 6.07) is 10.5. The van der Waals surface area contributed by atoms with Crippen molar-refractivity contribution in [3.8, 4) is 0 Å². The molecule has 0 saturated carbocycles. The monoisotopic (exact) mass is 326 g/mol. The summed E-state index contributed by atoms with van der Waals surface area (Å²) in [5.74, 6) is 0.672. The van der Waals surface area contributed by atoms with Gasteiger partial charge in [0.2, 0.25) is 11.8 Å². The van der Waals surface area contributed by atoms with Crippen LogP contribution in [0.3, 0.4) is 0 Å². The third-order valence-corrected chi connectivity index (χ3v) is 4.15. The Morgan fingerprint density at radius 2 is 1.88 bits per heavy atom. The number of rotatable bonds is 4. The van der Waals surface area contributed by atoms with E-state index in [0.29, 0.717) is 38.1 Å². The fraction of sp³-hybridized carbons (Fsp3) is 0.389. The maximum atomic E-state index is 12.8. The predicted molar refractivity (Wildman–Crippen MR) is 92.5 cm³/mol. The Morgan fingerprint density at radius 1 is 1.17 bits per heavy atom. The topological polar surface area (TPSA) is 62.5 Å². The van der Waals surface area contributed by atoms with Crippen molar-refractivity contribution in [2.45, 2.75) is 20.3 Å². The minimum Gasteiger partial charge on any atom is -0.408 e. The van der Waals surface area contributed by atoms with Gasteiger partial charge in [-0.3, -0.25) is 4.79 Å². The molecule has 0 N–H and O–H groups in total. The van der Waals surface area contributed by atoms with Crippen molar-refractivity contribution in [2.24, 2.45) is 0 Å². The number of benzene rings is 1. The van der Waals surface area contributed by atoms with Gasteiger partial charge in [-0.25, -0.2) is 0 Å². The summed E-state index contributed by atoms with van der Waals surface area (Å²) in [6.45, 7) is 6.52. The molecule has 0 aliphatic carbocycles. The van der Waals surface area contributed by atoms with Gasteiger partial charge in [-0.05, 0) is 18.1 Å². The number of aryl methyl sites for hydroxylation is 1.